The zero-order valence-corrected chi connectivity index (χ0v) is 15.9. The Balaban J connectivity index is 2.80. The topological polar surface area (TPSA) is 59.0 Å². The summed E-state index contributed by atoms with van der Waals surface area (Å²) in [7, 11) is 3.31. The van der Waals surface area contributed by atoms with Crippen molar-refractivity contribution in [2.45, 2.75) is 45.1 Å². The third-order valence-corrected chi connectivity index (χ3v) is 3.86. The zero-order chi connectivity index (χ0) is 18.3. The van der Waals surface area contributed by atoms with Crippen molar-refractivity contribution in [1.82, 2.24) is 4.90 Å². The standard InChI is InChI=1S/C18H28ClNO4/c1-18(2,3)24-17(22)20(4)10-8-13(9-11-21)15-12-14(19)6-7-16(15)23-5/h6-7,12-13,21H,8-11H2,1-5H3/t13-/m1/s1. The van der Waals surface area contributed by atoms with Crippen LogP contribution in [0.4, 0.5) is 4.79 Å². The molecule has 0 aliphatic carbocycles. The summed E-state index contributed by atoms with van der Waals surface area (Å²) < 4.78 is 10.8. The third-order valence-electron chi connectivity index (χ3n) is 3.63. The Kier molecular flexibility index (Phi) is 7.84. The summed E-state index contributed by atoms with van der Waals surface area (Å²) in [4.78, 5) is 13.6. The summed E-state index contributed by atoms with van der Waals surface area (Å²) in [5, 5.41) is 10.00. The van der Waals surface area contributed by atoms with Gasteiger partial charge in [0.1, 0.15) is 11.4 Å². The molecule has 6 heteroatoms. The van der Waals surface area contributed by atoms with Gasteiger partial charge in [-0.2, -0.15) is 0 Å². The molecule has 0 radical (unpaired) electrons. The maximum atomic E-state index is 12.1. The second-order valence-corrected chi connectivity index (χ2v) is 7.22. The lowest BCUT2D eigenvalue weighted by molar-refractivity contribution is 0.0293. The number of benzene rings is 1. The van der Waals surface area contributed by atoms with Gasteiger partial charge in [0.25, 0.3) is 0 Å². The molecule has 0 saturated carbocycles. The van der Waals surface area contributed by atoms with Gasteiger partial charge in [-0.1, -0.05) is 11.6 Å². The third kappa shape index (κ3) is 6.57. The highest BCUT2D eigenvalue weighted by Gasteiger charge is 2.22. The Bertz CT molecular complexity index is 542. The molecule has 1 aromatic rings. The van der Waals surface area contributed by atoms with E-state index in [2.05, 4.69) is 0 Å². The molecule has 0 aliphatic heterocycles. The predicted molar refractivity (Wildman–Crippen MR) is 95.9 cm³/mol. The Hall–Kier alpha value is -1.46. The summed E-state index contributed by atoms with van der Waals surface area (Å²) in [6.07, 6.45) is 0.884. The monoisotopic (exact) mass is 357 g/mol. The number of aliphatic hydroxyl groups excluding tert-OH is 1. The van der Waals surface area contributed by atoms with Gasteiger partial charge in [0.15, 0.2) is 0 Å². The van der Waals surface area contributed by atoms with Crippen LogP contribution < -0.4 is 4.74 Å². The number of amides is 1. The molecule has 1 atom stereocenters. The van der Waals surface area contributed by atoms with Crippen molar-refractivity contribution in [3.8, 4) is 5.75 Å². The van der Waals surface area contributed by atoms with Crippen molar-refractivity contribution in [2.75, 3.05) is 27.3 Å². The molecule has 0 aromatic heterocycles. The normalized spacial score (nSPS) is 12.6. The molecule has 1 rings (SSSR count). The van der Waals surface area contributed by atoms with Gasteiger partial charge >= 0.3 is 6.09 Å². The molecule has 1 amide bonds. The lowest BCUT2D eigenvalue weighted by Crippen LogP contribution is -2.35. The van der Waals surface area contributed by atoms with E-state index in [0.29, 0.717) is 24.4 Å². The van der Waals surface area contributed by atoms with Gasteiger partial charge in [-0.05, 0) is 63.3 Å². The minimum absolute atomic E-state index is 0.0357. The average Bonchev–Trinajstić information content (AvgIpc) is 2.49. The number of aliphatic hydroxyl groups is 1. The van der Waals surface area contributed by atoms with Gasteiger partial charge in [-0.3, -0.25) is 0 Å². The maximum Gasteiger partial charge on any atom is 0.410 e. The lowest BCUT2D eigenvalue weighted by Gasteiger charge is -2.26. The lowest BCUT2D eigenvalue weighted by atomic mass is 9.92. The first kappa shape index (κ1) is 20.6. The Morgan fingerprint density at radius 2 is 2.00 bits per heavy atom. The van der Waals surface area contributed by atoms with Crippen LogP contribution in [0.15, 0.2) is 18.2 Å². The second kappa shape index (κ2) is 9.14. The number of hydrogen-bond donors (Lipinski definition) is 1. The van der Waals surface area contributed by atoms with Crippen LogP contribution in [0.25, 0.3) is 0 Å². The molecule has 0 bridgehead atoms. The van der Waals surface area contributed by atoms with Crippen LogP contribution in [-0.2, 0) is 4.74 Å². The molecule has 0 spiro atoms. The highest BCUT2D eigenvalue weighted by atomic mass is 35.5. The quantitative estimate of drug-likeness (QED) is 0.799. The van der Waals surface area contributed by atoms with Crippen LogP contribution in [0.1, 0.15) is 45.1 Å². The van der Waals surface area contributed by atoms with Crippen LogP contribution in [-0.4, -0.2) is 49.0 Å². The van der Waals surface area contributed by atoms with Crippen LogP contribution in [0.3, 0.4) is 0 Å². The van der Waals surface area contributed by atoms with Crippen LogP contribution >= 0.6 is 11.6 Å². The Morgan fingerprint density at radius 1 is 1.33 bits per heavy atom. The zero-order valence-electron chi connectivity index (χ0n) is 15.1. The summed E-state index contributed by atoms with van der Waals surface area (Å²) in [5.41, 5.74) is 0.420. The molecule has 136 valence electrons. The Labute approximate surface area is 149 Å². The van der Waals surface area contributed by atoms with E-state index in [4.69, 9.17) is 21.1 Å². The average molecular weight is 358 g/mol. The van der Waals surface area contributed by atoms with E-state index in [1.54, 1.807) is 25.1 Å². The molecular weight excluding hydrogens is 330 g/mol. The van der Waals surface area contributed by atoms with Crippen molar-refractivity contribution in [3.63, 3.8) is 0 Å². The molecule has 0 unspecified atom stereocenters. The summed E-state index contributed by atoms with van der Waals surface area (Å²) in [6, 6.07) is 5.44. The van der Waals surface area contributed by atoms with Crippen molar-refractivity contribution in [2.24, 2.45) is 0 Å². The minimum atomic E-state index is -0.522. The van der Waals surface area contributed by atoms with E-state index < -0.39 is 5.60 Å². The number of carbonyl (C=O) groups is 1. The number of ether oxygens (including phenoxy) is 2. The molecule has 1 N–H and O–H groups in total. The van der Waals surface area contributed by atoms with E-state index >= 15 is 0 Å². The van der Waals surface area contributed by atoms with Crippen LogP contribution in [0.2, 0.25) is 5.02 Å². The highest BCUT2D eigenvalue weighted by molar-refractivity contribution is 6.30. The fourth-order valence-electron chi connectivity index (χ4n) is 2.42. The number of halogens is 1. The van der Waals surface area contributed by atoms with E-state index in [1.807, 2.05) is 32.9 Å². The predicted octanol–water partition coefficient (Wildman–Crippen LogP) is 4.07. The van der Waals surface area contributed by atoms with Gasteiger partial charge in [0, 0.05) is 25.2 Å². The number of methoxy groups -OCH3 is 1. The fraction of sp³-hybridized carbons (Fsp3) is 0.611. The SMILES string of the molecule is COc1ccc(Cl)cc1[C@@H](CCO)CCN(C)C(=O)OC(C)(C)C. The van der Waals surface area contributed by atoms with Gasteiger partial charge in [-0.25, -0.2) is 4.79 Å². The summed E-state index contributed by atoms with van der Waals surface area (Å²) in [6.45, 7) is 6.07. The van der Waals surface area contributed by atoms with Crippen LogP contribution in [0.5, 0.6) is 5.75 Å². The fourth-order valence-corrected chi connectivity index (χ4v) is 2.60. The molecule has 5 nitrogen and oxygen atoms in total. The van der Waals surface area contributed by atoms with Gasteiger partial charge in [-0.15, -0.1) is 0 Å². The molecule has 1 aromatic carbocycles. The molecule has 0 saturated heterocycles. The first-order valence-electron chi connectivity index (χ1n) is 8.06. The number of rotatable bonds is 7. The highest BCUT2D eigenvalue weighted by Crippen LogP contribution is 2.33. The molecule has 0 aliphatic rings. The van der Waals surface area contributed by atoms with E-state index in [1.165, 1.54) is 0 Å². The van der Waals surface area contributed by atoms with E-state index in [0.717, 1.165) is 11.3 Å². The number of hydrogen-bond acceptors (Lipinski definition) is 4. The first-order chi connectivity index (χ1) is 11.2. The first-order valence-corrected chi connectivity index (χ1v) is 8.44. The Morgan fingerprint density at radius 3 is 2.54 bits per heavy atom. The number of carbonyl (C=O) groups excluding carboxylic acids is 1. The molecule has 0 heterocycles. The maximum absolute atomic E-state index is 12.1. The van der Waals surface area contributed by atoms with Crippen molar-refractivity contribution >= 4 is 17.7 Å². The van der Waals surface area contributed by atoms with Crippen molar-refractivity contribution < 1.29 is 19.4 Å². The van der Waals surface area contributed by atoms with E-state index in [-0.39, 0.29) is 18.6 Å². The largest absolute Gasteiger partial charge is 0.496 e. The molecule has 24 heavy (non-hydrogen) atoms. The van der Waals surface area contributed by atoms with Crippen molar-refractivity contribution in [1.29, 1.82) is 0 Å². The van der Waals surface area contributed by atoms with Gasteiger partial charge < -0.3 is 19.5 Å². The van der Waals surface area contributed by atoms with Crippen molar-refractivity contribution in [3.05, 3.63) is 28.8 Å². The number of nitrogens with zero attached hydrogens (tertiary/aromatic N) is 1. The molecule has 0 fully saturated rings. The second-order valence-electron chi connectivity index (χ2n) is 6.79. The minimum Gasteiger partial charge on any atom is -0.496 e. The van der Waals surface area contributed by atoms with Gasteiger partial charge in [0.2, 0.25) is 0 Å². The summed E-state index contributed by atoms with van der Waals surface area (Å²) >= 11 is 6.10. The van der Waals surface area contributed by atoms with Gasteiger partial charge in [0.05, 0.1) is 7.11 Å². The molecular formula is C18H28ClNO4. The summed E-state index contributed by atoms with van der Waals surface area (Å²) in [5.74, 6) is 0.770. The van der Waals surface area contributed by atoms with E-state index in [9.17, 15) is 9.90 Å². The smallest absolute Gasteiger partial charge is 0.410 e. The van der Waals surface area contributed by atoms with Crippen LogP contribution in [0, 0.1) is 0 Å².